The SMILES string of the molecule is CN(C)C(=O)c1ccc(N)c(Nc2cnn(C)c2)c1. The van der Waals surface area contributed by atoms with E-state index in [1.165, 1.54) is 4.90 Å². The smallest absolute Gasteiger partial charge is 0.253 e. The van der Waals surface area contributed by atoms with E-state index in [4.69, 9.17) is 5.73 Å². The van der Waals surface area contributed by atoms with Crippen LogP contribution in [0.25, 0.3) is 0 Å². The van der Waals surface area contributed by atoms with Crippen LogP contribution in [0.15, 0.2) is 30.6 Å². The summed E-state index contributed by atoms with van der Waals surface area (Å²) in [6.07, 6.45) is 3.53. The van der Waals surface area contributed by atoms with Crippen LogP contribution in [-0.4, -0.2) is 34.7 Å². The summed E-state index contributed by atoms with van der Waals surface area (Å²) < 4.78 is 1.69. The largest absolute Gasteiger partial charge is 0.397 e. The zero-order valence-corrected chi connectivity index (χ0v) is 11.2. The molecule has 3 N–H and O–H groups in total. The Kier molecular flexibility index (Phi) is 3.41. The molecule has 0 saturated heterocycles. The Labute approximate surface area is 111 Å². The molecule has 1 aromatic carbocycles. The Morgan fingerprint density at radius 1 is 1.42 bits per heavy atom. The van der Waals surface area contributed by atoms with E-state index in [1.807, 2.05) is 13.2 Å². The molecule has 0 atom stereocenters. The first-order valence-electron chi connectivity index (χ1n) is 5.84. The van der Waals surface area contributed by atoms with Crippen molar-refractivity contribution >= 4 is 23.0 Å². The lowest BCUT2D eigenvalue weighted by molar-refractivity contribution is 0.0827. The Morgan fingerprint density at radius 2 is 2.16 bits per heavy atom. The van der Waals surface area contributed by atoms with Gasteiger partial charge in [0.1, 0.15) is 0 Å². The van der Waals surface area contributed by atoms with Gasteiger partial charge in [-0.1, -0.05) is 0 Å². The molecule has 6 heteroatoms. The number of nitrogen functional groups attached to an aromatic ring is 1. The normalized spacial score (nSPS) is 10.3. The molecule has 2 rings (SSSR count). The van der Waals surface area contributed by atoms with Crippen LogP contribution in [0.3, 0.4) is 0 Å². The molecule has 2 aromatic rings. The van der Waals surface area contributed by atoms with E-state index < -0.39 is 0 Å². The minimum Gasteiger partial charge on any atom is -0.397 e. The number of anilines is 3. The van der Waals surface area contributed by atoms with Crippen molar-refractivity contribution in [2.45, 2.75) is 0 Å². The summed E-state index contributed by atoms with van der Waals surface area (Å²) in [6, 6.07) is 5.17. The predicted molar refractivity (Wildman–Crippen MR) is 75.4 cm³/mol. The summed E-state index contributed by atoms with van der Waals surface area (Å²) in [5, 5.41) is 7.21. The first kappa shape index (κ1) is 12.9. The maximum atomic E-state index is 11.9. The van der Waals surface area contributed by atoms with Crippen LogP contribution < -0.4 is 11.1 Å². The second-order valence-electron chi connectivity index (χ2n) is 4.53. The summed E-state index contributed by atoms with van der Waals surface area (Å²) in [5.41, 5.74) is 8.59. The highest BCUT2D eigenvalue weighted by atomic mass is 16.2. The summed E-state index contributed by atoms with van der Waals surface area (Å²) >= 11 is 0. The van der Waals surface area contributed by atoms with Crippen molar-refractivity contribution in [1.29, 1.82) is 0 Å². The van der Waals surface area contributed by atoms with Crippen LogP contribution in [0, 0.1) is 0 Å². The van der Waals surface area contributed by atoms with E-state index in [0.29, 0.717) is 16.9 Å². The molecule has 0 radical (unpaired) electrons. The molecule has 1 amide bonds. The maximum Gasteiger partial charge on any atom is 0.253 e. The van der Waals surface area contributed by atoms with E-state index in [9.17, 15) is 4.79 Å². The Balaban J connectivity index is 2.29. The van der Waals surface area contributed by atoms with Crippen molar-refractivity contribution in [3.05, 3.63) is 36.2 Å². The summed E-state index contributed by atoms with van der Waals surface area (Å²) in [6.45, 7) is 0. The number of aryl methyl sites for hydroxylation is 1. The average molecular weight is 259 g/mol. The van der Waals surface area contributed by atoms with Crippen LogP contribution >= 0.6 is 0 Å². The monoisotopic (exact) mass is 259 g/mol. The van der Waals surface area contributed by atoms with Crippen molar-refractivity contribution < 1.29 is 4.79 Å². The molecule has 0 bridgehead atoms. The summed E-state index contributed by atoms with van der Waals surface area (Å²) in [7, 11) is 5.26. The lowest BCUT2D eigenvalue weighted by Gasteiger charge is -2.13. The quantitative estimate of drug-likeness (QED) is 0.818. The second-order valence-corrected chi connectivity index (χ2v) is 4.53. The number of amides is 1. The van der Waals surface area contributed by atoms with E-state index >= 15 is 0 Å². The van der Waals surface area contributed by atoms with Crippen molar-refractivity contribution in [2.75, 3.05) is 25.1 Å². The Morgan fingerprint density at radius 3 is 2.74 bits per heavy atom. The molecular weight excluding hydrogens is 242 g/mol. The van der Waals surface area contributed by atoms with Crippen molar-refractivity contribution in [3.63, 3.8) is 0 Å². The van der Waals surface area contributed by atoms with Gasteiger partial charge in [0.05, 0.1) is 23.3 Å². The fraction of sp³-hybridized carbons (Fsp3) is 0.231. The molecule has 1 heterocycles. The molecule has 0 saturated carbocycles. The molecule has 1 aromatic heterocycles. The molecule has 0 spiro atoms. The molecule has 100 valence electrons. The van der Waals surface area contributed by atoms with E-state index in [2.05, 4.69) is 10.4 Å². The molecule has 6 nitrogen and oxygen atoms in total. The molecular formula is C13H17N5O. The minimum atomic E-state index is -0.0609. The number of nitrogens with one attached hydrogen (secondary N) is 1. The third-order valence-electron chi connectivity index (χ3n) is 2.69. The van der Waals surface area contributed by atoms with Crippen LogP contribution in [-0.2, 0) is 7.05 Å². The molecule has 0 unspecified atom stereocenters. The van der Waals surface area contributed by atoms with Crippen molar-refractivity contribution in [1.82, 2.24) is 14.7 Å². The fourth-order valence-corrected chi connectivity index (χ4v) is 1.70. The number of rotatable bonds is 3. The van der Waals surface area contributed by atoms with Gasteiger partial charge < -0.3 is 16.0 Å². The number of carbonyl (C=O) groups is 1. The van der Waals surface area contributed by atoms with Crippen LogP contribution in [0.2, 0.25) is 0 Å². The first-order valence-corrected chi connectivity index (χ1v) is 5.84. The summed E-state index contributed by atoms with van der Waals surface area (Å²) in [5.74, 6) is -0.0609. The van der Waals surface area contributed by atoms with Gasteiger partial charge in [-0.25, -0.2) is 0 Å². The second kappa shape index (κ2) is 5.01. The van der Waals surface area contributed by atoms with Gasteiger partial charge in [0.15, 0.2) is 0 Å². The Hall–Kier alpha value is -2.50. The van der Waals surface area contributed by atoms with E-state index in [-0.39, 0.29) is 5.91 Å². The van der Waals surface area contributed by atoms with Gasteiger partial charge in [0, 0.05) is 32.9 Å². The van der Waals surface area contributed by atoms with Gasteiger partial charge in [0.25, 0.3) is 5.91 Å². The number of benzene rings is 1. The maximum absolute atomic E-state index is 11.9. The van der Waals surface area contributed by atoms with Gasteiger partial charge in [0.2, 0.25) is 0 Å². The summed E-state index contributed by atoms with van der Waals surface area (Å²) in [4.78, 5) is 13.4. The Bertz CT molecular complexity index is 603. The zero-order valence-electron chi connectivity index (χ0n) is 11.2. The first-order chi connectivity index (χ1) is 8.97. The third-order valence-corrected chi connectivity index (χ3v) is 2.69. The van der Waals surface area contributed by atoms with Gasteiger partial charge >= 0.3 is 0 Å². The lowest BCUT2D eigenvalue weighted by atomic mass is 10.1. The van der Waals surface area contributed by atoms with Crippen LogP contribution in [0.1, 0.15) is 10.4 Å². The number of hydrogen-bond acceptors (Lipinski definition) is 4. The molecule has 0 aliphatic heterocycles. The van der Waals surface area contributed by atoms with Crippen molar-refractivity contribution in [3.8, 4) is 0 Å². The fourth-order valence-electron chi connectivity index (χ4n) is 1.70. The van der Waals surface area contributed by atoms with Crippen LogP contribution in [0.5, 0.6) is 0 Å². The minimum absolute atomic E-state index is 0.0609. The van der Waals surface area contributed by atoms with Gasteiger partial charge in [-0.15, -0.1) is 0 Å². The number of aromatic nitrogens is 2. The number of hydrogen-bond donors (Lipinski definition) is 2. The number of carbonyl (C=O) groups excluding carboxylic acids is 1. The van der Waals surface area contributed by atoms with Crippen molar-refractivity contribution in [2.24, 2.45) is 7.05 Å². The van der Waals surface area contributed by atoms with Gasteiger partial charge in [-0.05, 0) is 18.2 Å². The highest BCUT2D eigenvalue weighted by Crippen LogP contribution is 2.24. The number of nitrogens with zero attached hydrogens (tertiary/aromatic N) is 3. The van der Waals surface area contributed by atoms with E-state index in [0.717, 1.165) is 5.69 Å². The highest BCUT2D eigenvalue weighted by Gasteiger charge is 2.10. The van der Waals surface area contributed by atoms with Gasteiger partial charge in [-0.3, -0.25) is 9.48 Å². The van der Waals surface area contributed by atoms with Crippen LogP contribution in [0.4, 0.5) is 17.1 Å². The molecule has 0 fully saturated rings. The van der Waals surface area contributed by atoms with E-state index in [1.54, 1.807) is 43.2 Å². The molecule has 19 heavy (non-hydrogen) atoms. The highest BCUT2D eigenvalue weighted by molar-refractivity contribution is 5.96. The molecule has 0 aliphatic carbocycles. The average Bonchev–Trinajstić information content (AvgIpc) is 2.76. The molecule has 0 aliphatic rings. The number of nitrogens with two attached hydrogens (primary N) is 1. The zero-order chi connectivity index (χ0) is 14.0. The third kappa shape index (κ3) is 2.85. The lowest BCUT2D eigenvalue weighted by Crippen LogP contribution is -2.21. The topological polar surface area (TPSA) is 76.2 Å². The van der Waals surface area contributed by atoms with Gasteiger partial charge in [-0.2, -0.15) is 5.10 Å². The standard InChI is InChI=1S/C13H17N5O/c1-17(2)13(19)9-4-5-11(14)12(6-9)16-10-7-15-18(3)8-10/h4-8,16H,14H2,1-3H3. The predicted octanol–water partition coefficient (Wildman–Crippen LogP) is 1.45.